The summed E-state index contributed by atoms with van der Waals surface area (Å²) in [4.78, 5) is 37.3. The molecule has 9 nitrogen and oxygen atoms in total. The number of likely N-dealkylation sites (N-methyl/N-ethyl adjacent to an activating group) is 1. The Balaban J connectivity index is 4.23. The van der Waals surface area contributed by atoms with Gasteiger partial charge in [0.15, 0.2) is 6.10 Å². The normalized spacial score (nSPS) is 13.1. The molecule has 380 valence electrons. The monoisotopic (exact) mass is 919 g/mol. The number of rotatable bonds is 50. The molecule has 2 unspecified atom stereocenters. The van der Waals surface area contributed by atoms with E-state index in [1.54, 1.807) is 0 Å². The Labute approximate surface area is 400 Å². The van der Waals surface area contributed by atoms with E-state index in [2.05, 4.69) is 50.3 Å². The van der Waals surface area contributed by atoms with Crippen LogP contribution in [0.5, 0.6) is 0 Å². The van der Waals surface area contributed by atoms with Crippen molar-refractivity contribution in [3.63, 3.8) is 0 Å². The first-order valence-corrected chi connectivity index (χ1v) is 27.2. The Bertz CT molecular complexity index is 1160. The fourth-order valence-corrected chi connectivity index (χ4v) is 7.63. The topological polar surface area (TPSA) is 108 Å². The van der Waals surface area contributed by atoms with E-state index in [1.165, 1.54) is 154 Å². The van der Waals surface area contributed by atoms with Crippen LogP contribution in [0.2, 0.25) is 0 Å². The van der Waals surface area contributed by atoms with Crippen molar-refractivity contribution in [3.05, 3.63) is 36.5 Å². The standard InChI is InChI=1S/C56H103NO8/c1-6-8-10-12-14-16-18-20-22-23-24-25-26-27-28-29-30-31-33-34-36-38-40-42-44-46-53(58)63-50-52(51-64-56(55(60)61)62-49-48-57(3,4)5)65-54(59)47-45-43-41-39-37-35-32-21-19-17-15-13-11-9-7-2/h15,17,21,23-24,32,52,56H,6-14,16,18-20,22,25-31,33-51H2,1-5H3/p+1/b17-15-,24-23-,32-21-. The molecule has 0 rings (SSSR count). The van der Waals surface area contributed by atoms with E-state index in [4.69, 9.17) is 18.9 Å². The third-order valence-electron chi connectivity index (χ3n) is 11.9. The van der Waals surface area contributed by atoms with Gasteiger partial charge in [-0.3, -0.25) is 9.59 Å². The summed E-state index contributed by atoms with van der Waals surface area (Å²) in [7, 11) is 5.96. The Morgan fingerprint density at radius 1 is 0.462 bits per heavy atom. The average Bonchev–Trinajstić information content (AvgIpc) is 3.27. The molecule has 0 aliphatic heterocycles. The molecule has 0 saturated heterocycles. The zero-order valence-electron chi connectivity index (χ0n) is 43.2. The van der Waals surface area contributed by atoms with Crippen molar-refractivity contribution in [2.45, 2.75) is 257 Å². The van der Waals surface area contributed by atoms with Crippen LogP contribution in [0.4, 0.5) is 0 Å². The molecule has 65 heavy (non-hydrogen) atoms. The first-order valence-electron chi connectivity index (χ1n) is 27.2. The summed E-state index contributed by atoms with van der Waals surface area (Å²) in [6, 6.07) is 0. The number of carbonyl (C=O) groups excluding carboxylic acids is 2. The van der Waals surface area contributed by atoms with Crippen molar-refractivity contribution in [1.29, 1.82) is 0 Å². The lowest BCUT2D eigenvalue weighted by atomic mass is 10.0. The summed E-state index contributed by atoms with van der Waals surface area (Å²) >= 11 is 0. The number of ether oxygens (including phenoxy) is 4. The second-order valence-electron chi connectivity index (χ2n) is 19.5. The quantitative estimate of drug-likeness (QED) is 0.0211. The number of hydrogen-bond donors (Lipinski definition) is 1. The number of carbonyl (C=O) groups is 3. The van der Waals surface area contributed by atoms with Crippen LogP contribution in [-0.2, 0) is 33.3 Å². The minimum absolute atomic E-state index is 0.185. The number of quaternary nitrogens is 1. The molecule has 0 saturated carbocycles. The van der Waals surface area contributed by atoms with Crippen LogP contribution in [0.15, 0.2) is 36.5 Å². The van der Waals surface area contributed by atoms with E-state index in [0.29, 0.717) is 23.9 Å². The third kappa shape index (κ3) is 49.2. The van der Waals surface area contributed by atoms with E-state index < -0.39 is 24.3 Å². The number of unbranched alkanes of at least 4 members (excludes halogenated alkanes) is 29. The maximum absolute atomic E-state index is 12.8. The lowest BCUT2D eigenvalue weighted by Gasteiger charge is -2.25. The van der Waals surface area contributed by atoms with Crippen molar-refractivity contribution < 1.29 is 42.9 Å². The van der Waals surface area contributed by atoms with Gasteiger partial charge in [-0.2, -0.15) is 0 Å². The highest BCUT2D eigenvalue weighted by atomic mass is 16.7. The Morgan fingerprint density at radius 3 is 1.26 bits per heavy atom. The highest BCUT2D eigenvalue weighted by Crippen LogP contribution is 2.16. The van der Waals surface area contributed by atoms with E-state index in [-0.39, 0.29) is 32.2 Å². The summed E-state index contributed by atoms with van der Waals surface area (Å²) in [5.41, 5.74) is 0. The van der Waals surface area contributed by atoms with Crippen molar-refractivity contribution in [2.24, 2.45) is 0 Å². The van der Waals surface area contributed by atoms with Crippen LogP contribution < -0.4 is 0 Å². The molecular formula is C56H104NO8+. The lowest BCUT2D eigenvalue weighted by molar-refractivity contribution is -0.870. The van der Waals surface area contributed by atoms with Gasteiger partial charge in [0, 0.05) is 12.8 Å². The van der Waals surface area contributed by atoms with Gasteiger partial charge in [0.2, 0.25) is 0 Å². The largest absolute Gasteiger partial charge is 0.477 e. The molecule has 0 aromatic carbocycles. The van der Waals surface area contributed by atoms with Gasteiger partial charge in [-0.05, 0) is 70.6 Å². The molecule has 0 fully saturated rings. The SMILES string of the molecule is CCCCC/C=C\C/C=C\CCCCCCCC(=O)OC(COC(=O)CCCCCCCCCCCCCCC/C=C\CCCCCCCCCC)COC(OCC[N+](C)(C)C)C(=O)O. The van der Waals surface area contributed by atoms with Crippen LogP contribution in [0.25, 0.3) is 0 Å². The number of hydrogen-bond acceptors (Lipinski definition) is 7. The molecule has 0 aromatic heterocycles. The smallest absolute Gasteiger partial charge is 0.361 e. The molecule has 0 aromatic rings. The second kappa shape index (κ2) is 48.0. The minimum atomic E-state index is -1.51. The molecule has 0 radical (unpaired) electrons. The van der Waals surface area contributed by atoms with Crippen LogP contribution in [0.1, 0.15) is 245 Å². The minimum Gasteiger partial charge on any atom is -0.477 e. The van der Waals surface area contributed by atoms with Gasteiger partial charge >= 0.3 is 17.9 Å². The summed E-state index contributed by atoms with van der Waals surface area (Å²) in [6.07, 6.45) is 53.6. The van der Waals surface area contributed by atoms with Gasteiger partial charge in [-0.15, -0.1) is 0 Å². The maximum atomic E-state index is 12.8. The number of esters is 2. The first kappa shape index (κ1) is 62.5. The highest BCUT2D eigenvalue weighted by Gasteiger charge is 2.25. The zero-order chi connectivity index (χ0) is 47.7. The van der Waals surface area contributed by atoms with Gasteiger partial charge in [-0.1, -0.05) is 198 Å². The zero-order valence-corrected chi connectivity index (χ0v) is 43.2. The van der Waals surface area contributed by atoms with E-state index in [9.17, 15) is 19.5 Å². The van der Waals surface area contributed by atoms with Crippen LogP contribution in [-0.4, -0.2) is 87.4 Å². The van der Waals surface area contributed by atoms with Crippen LogP contribution in [0, 0.1) is 0 Å². The number of aliphatic carboxylic acids is 1. The Morgan fingerprint density at radius 2 is 0.831 bits per heavy atom. The number of carboxylic acids is 1. The summed E-state index contributed by atoms with van der Waals surface area (Å²) in [5, 5.41) is 9.67. The van der Waals surface area contributed by atoms with Crippen LogP contribution >= 0.6 is 0 Å². The second-order valence-corrected chi connectivity index (χ2v) is 19.5. The third-order valence-corrected chi connectivity index (χ3v) is 11.9. The number of allylic oxidation sites excluding steroid dienone is 6. The fourth-order valence-electron chi connectivity index (χ4n) is 7.63. The van der Waals surface area contributed by atoms with Crippen molar-refractivity contribution in [1.82, 2.24) is 0 Å². The summed E-state index contributed by atoms with van der Waals surface area (Å²) < 4.78 is 22.8. The van der Waals surface area contributed by atoms with Crippen molar-refractivity contribution in [3.8, 4) is 0 Å². The number of nitrogens with zero attached hydrogens (tertiary/aromatic N) is 1. The lowest BCUT2D eigenvalue weighted by Crippen LogP contribution is -2.40. The number of carboxylic acid groups (broad SMARTS) is 1. The molecule has 0 heterocycles. The molecule has 0 aliphatic rings. The molecule has 9 heteroatoms. The van der Waals surface area contributed by atoms with Gasteiger partial charge in [-0.25, -0.2) is 4.79 Å². The molecule has 2 atom stereocenters. The predicted octanol–water partition coefficient (Wildman–Crippen LogP) is 15.3. The van der Waals surface area contributed by atoms with Gasteiger partial charge in [0.1, 0.15) is 13.2 Å². The molecule has 0 amide bonds. The van der Waals surface area contributed by atoms with Crippen molar-refractivity contribution >= 4 is 17.9 Å². The predicted molar refractivity (Wildman–Crippen MR) is 272 cm³/mol. The molecule has 0 bridgehead atoms. The molecular weight excluding hydrogens is 815 g/mol. The highest BCUT2D eigenvalue weighted by molar-refractivity contribution is 5.71. The van der Waals surface area contributed by atoms with Gasteiger partial charge in [0.25, 0.3) is 6.29 Å². The summed E-state index contributed by atoms with van der Waals surface area (Å²) in [5.74, 6) is -2.02. The van der Waals surface area contributed by atoms with Crippen molar-refractivity contribution in [2.75, 3.05) is 47.5 Å². The Hall–Kier alpha value is -2.49. The van der Waals surface area contributed by atoms with Gasteiger partial charge < -0.3 is 28.5 Å². The van der Waals surface area contributed by atoms with Crippen LogP contribution in [0.3, 0.4) is 0 Å². The average molecular weight is 919 g/mol. The maximum Gasteiger partial charge on any atom is 0.361 e. The first-order chi connectivity index (χ1) is 31.6. The van der Waals surface area contributed by atoms with E-state index in [0.717, 1.165) is 57.8 Å². The molecule has 0 spiro atoms. The summed E-state index contributed by atoms with van der Waals surface area (Å²) in [6.45, 7) is 4.85. The van der Waals surface area contributed by atoms with Gasteiger partial charge in [0.05, 0.1) is 34.4 Å². The molecule has 1 N–H and O–H groups in total. The fraction of sp³-hybridized carbons (Fsp3) is 0.839. The van der Waals surface area contributed by atoms with E-state index in [1.807, 2.05) is 21.1 Å². The van der Waals surface area contributed by atoms with E-state index >= 15 is 0 Å². The Kier molecular flexibility index (Phi) is 46.1. The molecule has 0 aliphatic carbocycles.